The van der Waals surface area contributed by atoms with E-state index >= 15 is 0 Å². The van der Waals surface area contributed by atoms with E-state index in [1.165, 1.54) is 0 Å². The predicted molar refractivity (Wildman–Crippen MR) is 229 cm³/mol. The second-order valence-corrected chi connectivity index (χ2v) is 13.1. The van der Waals surface area contributed by atoms with Crippen LogP contribution in [0.4, 0.5) is 0 Å². The molecule has 0 saturated carbocycles. The lowest BCUT2D eigenvalue weighted by Gasteiger charge is -2.12. The third kappa shape index (κ3) is 5.37. The van der Waals surface area contributed by atoms with Crippen LogP contribution in [-0.4, -0.2) is 19.5 Å². The van der Waals surface area contributed by atoms with Gasteiger partial charge in [0.2, 0.25) is 0 Å². The van der Waals surface area contributed by atoms with Crippen molar-refractivity contribution in [1.29, 1.82) is 0 Å². The molecule has 0 spiro atoms. The lowest BCUT2D eigenvalue weighted by molar-refractivity contribution is 0.669. The summed E-state index contributed by atoms with van der Waals surface area (Å²) in [5.41, 5.74) is 4.85. The summed E-state index contributed by atoms with van der Waals surface area (Å²) in [5, 5.41) is 1.57. The minimum Gasteiger partial charge on any atom is -0.456 e. The van der Waals surface area contributed by atoms with Gasteiger partial charge in [0.15, 0.2) is 17.5 Å². The van der Waals surface area contributed by atoms with Gasteiger partial charge >= 0.3 is 0 Å². The van der Waals surface area contributed by atoms with E-state index in [1.54, 1.807) is 24.3 Å². The van der Waals surface area contributed by atoms with Crippen LogP contribution < -0.4 is 0 Å². The molecular formula is C51H32N4O. The van der Waals surface area contributed by atoms with Gasteiger partial charge < -0.3 is 8.98 Å². The Kier molecular flexibility index (Phi) is 5.10. The van der Waals surface area contributed by atoms with Crippen LogP contribution in [0.25, 0.3) is 106 Å². The first-order valence-electron chi connectivity index (χ1n) is 23.8. The molecule has 3 aromatic heterocycles. The fourth-order valence-electron chi connectivity index (χ4n) is 7.21. The molecule has 0 bridgehead atoms. The zero-order chi connectivity index (χ0) is 47.4. The zero-order valence-electron chi connectivity index (χ0n) is 41.2. The Bertz CT molecular complexity index is 3900. The first-order chi connectivity index (χ1) is 32.7. The van der Waals surface area contributed by atoms with Gasteiger partial charge in [0.25, 0.3) is 0 Å². The largest absolute Gasteiger partial charge is 0.456 e. The second-order valence-electron chi connectivity index (χ2n) is 13.1. The maximum atomic E-state index is 9.31. The van der Waals surface area contributed by atoms with Crippen molar-refractivity contribution in [3.63, 3.8) is 0 Å². The molecule has 0 aliphatic heterocycles. The van der Waals surface area contributed by atoms with Crippen molar-refractivity contribution in [3.8, 4) is 62.1 Å². The van der Waals surface area contributed by atoms with Gasteiger partial charge in [0.05, 0.1) is 27.5 Å². The first kappa shape index (κ1) is 21.9. The Morgan fingerprint density at radius 2 is 0.982 bits per heavy atom. The quantitative estimate of drug-likeness (QED) is 0.171. The number of benzene rings is 8. The van der Waals surface area contributed by atoms with E-state index in [0.29, 0.717) is 39.7 Å². The summed E-state index contributed by atoms with van der Waals surface area (Å²) in [4.78, 5) is 14.9. The Labute approximate surface area is 339 Å². The smallest absolute Gasteiger partial charge is 0.164 e. The van der Waals surface area contributed by atoms with E-state index < -0.39 is 78.2 Å². The summed E-state index contributed by atoms with van der Waals surface area (Å²) in [5.74, 6) is 1.05. The number of aromatic nitrogens is 4. The number of fused-ring (bicyclic) bond motifs is 6. The van der Waals surface area contributed by atoms with Crippen LogP contribution in [0.2, 0.25) is 0 Å². The maximum Gasteiger partial charge on any atom is 0.164 e. The summed E-state index contributed by atoms with van der Waals surface area (Å²) in [7, 11) is 0. The standard InChI is InChI=1S/C51H32N4O/c1-3-12-33(13-4-1)34-22-26-36(27-23-34)49-52-50(54-51(53-49)38-30-31-43-42-17-8-10-21-46(42)56-47(43)32-38)37-28-24-35(25-29-37)40-18-11-19-44-41-16-7-9-20-45(41)55(48(40)44)39-14-5-2-6-15-39/h1-32H/i2D,5D,6D,7D,9D,11D,14D,15D,16D,18D,19D,20D. The van der Waals surface area contributed by atoms with Gasteiger partial charge in [-0.3, -0.25) is 0 Å². The lowest BCUT2D eigenvalue weighted by Crippen LogP contribution is -2.00. The Hall–Kier alpha value is -7.63. The average molecular weight is 729 g/mol. The highest BCUT2D eigenvalue weighted by Crippen LogP contribution is 2.39. The van der Waals surface area contributed by atoms with Gasteiger partial charge in [0, 0.05) is 49.5 Å². The van der Waals surface area contributed by atoms with Crippen LogP contribution in [0, 0.1) is 0 Å². The zero-order valence-corrected chi connectivity index (χ0v) is 29.2. The first-order valence-corrected chi connectivity index (χ1v) is 17.8. The fourth-order valence-corrected chi connectivity index (χ4v) is 7.21. The molecule has 0 saturated heterocycles. The van der Waals surface area contributed by atoms with E-state index in [-0.39, 0.29) is 27.4 Å². The van der Waals surface area contributed by atoms with Crippen LogP contribution in [0.5, 0.6) is 0 Å². The Balaban J connectivity index is 1.13. The van der Waals surface area contributed by atoms with Gasteiger partial charge in [-0.05, 0) is 53.0 Å². The molecule has 11 aromatic rings. The molecule has 262 valence electrons. The van der Waals surface area contributed by atoms with E-state index in [1.807, 2.05) is 97.1 Å². The highest BCUT2D eigenvalue weighted by atomic mass is 16.3. The summed E-state index contributed by atoms with van der Waals surface area (Å²) in [6.07, 6.45) is 0. The molecule has 5 heteroatoms. The Morgan fingerprint density at radius 3 is 1.75 bits per heavy atom. The van der Waals surface area contributed by atoms with Crippen LogP contribution in [0.15, 0.2) is 198 Å². The van der Waals surface area contributed by atoms with Gasteiger partial charge in [-0.1, -0.05) is 158 Å². The molecule has 0 aliphatic carbocycles. The van der Waals surface area contributed by atoms with Gasteiger partial charge in [-0.25, -0.2) is 15.0 Å². The lowest BCUT2D eigenvalue weighted by atomic mass is 10.0. The van der Waals surface area contributed by atoms with E-state index in [2.05, 4.69) is 0 Å². The SMILES string of the molecule is [2H]c1c([2H])c([2H])c(-n2c3c([2H])c([2H])c([2H])c([2H])c3c3c([2H])c([2H])c([2H])c(-c4ccc(-c5nc(-c6ccc(-c7ccccc7)cc6)nc(-c6ccc7c(c6)oc6ccccc67)n5)cc4)c32)c([2H])c1[2H]. The maximum absolute atomic E-state index is 9.31. The molecule has 0 radical (unpaired) electrons. The topological polar surface area (TPSA) is 56.7 Å². The van der Waals surface area contributed by atoms with Crippen molar-refractivity contribution >= 4 is 43.7 Å². The molecule has 0 amide bonds. The molecule has 0 aliphatic rings. The summed E-state index contributed by atoms with van der Waals surface area (Å²) >= 11 is 0. The molecule has 0 unspecified atom stereocenters. The van der Waals surface area contributed by atoms with Crippen LogP contribution in [-0.2, 0) is 0 Å². The highest BCUT2D eigenvalue weighted by molar-refractivity contribution is 6.14. The van der Waals surface area contributed by atoms with Crippen molar-refractivity contribution in [2.75, 3.05) is 0 Å². The van der Waals surface area contributed by atoms with Gasteiger partial charge in [-0.2, -0.15) is 0 Å². The predicted octanol–water partition coefficient (Wildman–Crippen LogP) is 13.2. The summed E-state index contributed by atoms with van der Waals surface area (Å²) < 4.78 is 113. The van der Waals surface area contributed by atoms with Crippen molar-refractivity contribution < 1.29 is 20.9 Å². The minimum atomic E-state index is -0.696. The number of rotatable bonds is 6. The summed E-state index contributed by atoms with van der Waals surface area (Å²) in [6, 6.07) is 30.7. The molecular weight excluding hydrogens is 685 g/mol. The third-order valence-electron chi connectivity index (χ3n) is 9.88. The molecule has 8 aromatic carbocycles. The number of hydrogen-bond donors (Lipinski definition) is 0. The van der Waals surface area contributed by atoms with Crippen LogP contribution >= 0.6 is 0 Å². The molecule has 0 atom stereocenters. The Morgan fingerprint density at radius 1 is 0.411 bits per heavy atom. The van der Waals surface area contributed by atoms with Crippen molar-refractivity contribution in [1.82, 2.24) is 19.5 Å². The van der Waals surface area contributed by atoms with Crippen molar-refractivity contribution in [3.05, 3.63) is 194 Å². The molecule has 0 fully saturated rings. The minimum absolute atomic E-state index is 0.0120. The number of para-hydroxylation sites is 4. The van der Waals surface area contributed by atoms with Crippen molar-refractivity contribution in [2.45, 2.75) is 0 Å². The highest BCUT2D eigenvalue weighted by Gasteiger charge is 2.18. The normalized spacial score (nSPS) is 14.6. The fraction of sp³-hybridized carbons (Fsp3) is 0. The molecule has 3 heterocycles. The van der Waals surface area contributed by atoms with Crippen LogP contribution in [0.3, 0.4) is 0 Å². The monoisotopic (exact) mass is 728 g/mol. The van der Waals surface area contributed by atoms with E-state index in [9.17, 15) is 1.37 Å². The van der Waals surface area contributed by atoms with Gasteiger partial charge in [0.1, 0.15) is 11.2 Å². The number of furan rings is 1. The molecule has 56 heavy (non-hydrogen) atoms. The molecule has 5 nitrogen and oxygen atoms in total. The van der Waals surface area contributed by atoms with E-state index in [4.69, 9.17) is 34.4 Å². The van der Waals surface area contributed by atoms with Crippen molar-refractivity contribution in [2.24, 2.45) is 0 Å². The van der Waals surface area contributed by atoms with E-state index in [0.717, 1.165) is 37.6 Å². The molecule has 11 rings (SSSR count). The molecule has 0 N–H and O–H groups in total. The third-order valence-corrected chi connectivity index (χ3v) is 9.88. The average Bonchev–Trinajstić information content (AvgIpc) is 3.92. The number of nitrogens with zero attached hydrogens (tertiary/aromatic N) is 4. The van der Waals surface area contributed by atoms with Crippen LogP contribution in [0.1, 0.15) is 16.4 Å². The summed E-state index contributed by atoms with van der Waals surface area (Å²) in [6.45, 7) is 0. The van der Waals surface area contributed by atoms with Gasteiger partial charge in [-0.15, -0.1) is 0 Å². The number of hydrogen-bond acceptors (Lipinski definition) is 4. The second kappa shape index (κ2) is 13.0.